The topological polar surface area (TPSA) is 18.5 Å². The molecule has 1 rings (SSSR count). The van der Waals surface area contributed by atoms with E-state index in [0.717, 1.165) is 6.42 Å². The van der Waals surface area contributed by atoms with Crippen LogP contribution in [0.4, 0.5) is 4.39 Å². The second-order valence-corrected chi connectivity index (χ2v) is 4.16. The van der Waals surface area contributed by atoms with Crippen LogP contribution in [0, 0.1) is 17.7 Å². The maximum absolute atomic E-state index is 13.2. The molecule has 0 unspecified atom stereocenters. The number of benzene rings is 1. The largest absolute Gasteiger partial charge is 0.492 e. The first kappa shape index (κ1) is 15.8. The van der Waals surface area contributed by atoms with Crippen molar-refractivity contribution in [2.75, 3.05) is 25.7 Å². The number of ether oxygens (including phenoxy) is 2. The van der Waals surface area contributed by atoms with Gasteiger partial charge in [-0.15, -0.1) is 11.6 Å². The highest BCUT2D eigenvalue weighted by atomic mass is 35.5. The molecule has 0 amide bonds. The van der Waals surface area contributed by atoms with E-state index < -0.39 is 0 Å². The average molecular weight is 285 g/mol. The van der Waals surface area contributed by atoms with Gasteiger partial charge < -0.3 is 9.47 Å². The molecule has 0 aliphatic heterocycles. The fourth-order valence-electron chi connectivity index (χ4n) is 1.42. The molecule has 0 bridgehead atoms. The SMILES string of the molecule is CCOCCCOc1ccc(F)cc1C#CCCCl. The van der Waals surface area contributed by atoms with Crippen LogP contribution >= 0.6 is 11.6 Å². The first-order valence-electron chi connectivity index (χ1n) is 6.33. The van der Waals surface area contributed by atoms with E-state index >= 15 is 0 Å². The van der Waals surface area contributed by atoms with Crippen LogP contribution in [0.5, 0.6) is 5.75 Å². The molecule has 0 saturated carbocycles. The summed E-state index contributed by atoms with van der Waals surface area (Å²) in [6.07, 6.45) is 1.36. The Morgan fingerprint density at radius 1 is 1.32 bits per heavy atom. The minimum absolute atomic E-state index is 0.322. The van der Waals surface area contributed by atoms with Crippen LogP contribution in [0.3, 0.4) is 0 Å². The highest BCUT2D eigenvalue weighted by Crippen LogP contribution is 2.19. The van der Waals surface area contributed by atoms with Gasteiger partial charge in [-0.05, 0) is 25.1 Å². The van der Waals surface area contributed by atoms with Crippen molar-refractivity contribution >= 4 is 11.6 Å². The number of hydrogen-bond acceptors (Lipinski definition) is 2. The highest BCUT2D eigenvalue weighted by molar-refractivity contribution is 6.18. The zero-order chi connectivity index (χ0) is 13.9. The minimum Gasteiger partial charge on any atom is -0.492 e. The smallest absolute Gasteiger partial charge is 0.135 e. The van der Waals surface area contributed by atoms with Gasteiger partial charge in [0, 0.05) is 31.9 Å². The molecule has 0 N–H and O–H groups in total. The molecule has 0 spiro atoms. The summed E-state index contributed by atoms with van der Waals surface area (Å²) in [6, 6.07) is 4.34. The molecular weight excluding hydrogens is 267 g/mol. The zero-order valence-electron chi connectivity index (χ0n) is 11.0. The summed E-state index contributed by atoms with van der Waals surface area (Å²) in [6.45, 7) is 3.83. The summed E-state index contributed by atoms with van der Waals surface area (Å²) in [5, 5.41) is 0. The van der Waals surface area contributed by atoms with Crippen LogP contribution in [-0.4, -0.2) is 25.7 Å². The molecule has 0 radical (unpaired) electrons. The second kappa shape index (κ2) is 9.66. The highest BCUT2D eigenvalue weighted by Gasteiger charge is 2.03. The van der Waals surface area contributed by atoms with Crippen molar-refractivity contribution in [1.29, 1.82) is 0 Å². The summed E-state index contributed by atoms with van der Waals surface area (Å²) in [4.78, 5) is 0. The summed E-state index contributed by atoms with van der Waals surface area (Å²) in [7, 11) is 0. The molecule has 2 nitrogen and oxygen atoms in total. The van der Waals surface area contributed by atoms with Gasteiger partial charge in [0.2, 0.25) is 0 Å². The predicted octanol–water partition coefficient (Wildman–Crippen LogP) is 3.61. The molecule has 0 aromatic heterocycles. The van der Waals surface area contributed by atoms with Gasteiger partial charge in [0.15, 0.2) is 0 Å². The lowest BCUT2D eigenvalue weighted by Gasteiger charge is -2.08. The minimum atomic E-state index is -0.322. The fourth-order valence-corrected chi connectivity index (χ4v) is 1.51. The number of rotatable bonds is 7. The van der Waals surface area contributed by atoms with Crippen LogP contribution in [0.25, 0.3) is 0 Å². The Labute approximate surface area is 118 Å². The van der Waals surface area contributed by atoms with E-state index in [9.17, 15) is 4.39 Å². The third kappa shape index (κ3) is 6.47. The molecule has 1 aromatic rings. The Kier molecular flexibility index (Phi) is 8.04. The third-order valence-electron chi connectivity index (χ3n) is 2.28. The maximum Gasteiger partial charge on any atom is 0.135 e. The van der Waals surface area contributed by atoms with Crippen LogP contribution in [-0.2, 0) is 4.74 Å². The van der Waals surface area contributed by atoms with Gasteiger partial charge in [-0.25, -0.2) is 4.39 Å². The number of hydrogen-bond donors (Lipinski definition) is 0. The molecule has 4 heteroatoms. The fraction of sp³-hybridized carbons (Fsp3) is 0.467. The van der Waals surface area contributed by atoms with Crippen molar-refractivity contribution < 1.29 is 13.9 Å². The van der Waals surface area contributed by atoms with Gasteiger partial charge in [0.1, 0.15) is 11.6 Å². The predicted molar refractivity (Wildman–Crippen MR) is 75.2 cm³/mol. The van der Waals surface area contributed by atoms with E-state index in [0.29, 0.717) is 43.4 Å². The van der Waals surface area contributed by atoms with Gasteiger partial charge in [0.05, 0.1) is 12.2 Å². The lowest BCUT2D eigenvalue weighted by Crippen LogP contribution is -2.04. The molecule has 0 heterocycles. The molecule has 0 saturated heterocycles. The summed E-state index contributed by atoms with van der Waals surface area (Å²) in [5.74, 6) is 6.49. The van der Waals surface area contributed by atoms with Crippen molar-refractivity contribution in [1.82, 2.24) is 0 Å². The molecule has 104 valence electrons. The molecule has 1 aromatic carbocycles. The normalized spacial score (nSPS) is 9.84. The average Bonchev–Trinajstić information content (AvgIpc) is 2.41. The lowest BCUT2D eigenvalue weighted by molar-refractivity contribution is 0.131. The molecule has 0 fully saturated rings. The molecule has 19 heavy (non-hydrogen) atoms. The van der Waals surface area contributed by atoms with Crippen molar-refractivity contribution in [3.63, 3.8) is 0 Å². The molecule has 0 aliphatic rings. The van der Waals surface area contributed by atoms with E-state index in [1.807, 2.05) is 6.92 Å². The van der Waals surface area contributed by atoms with Crippen molar-refractivity contribution in [3.05, 3.63) is 29.6 Å². The quantitative estimate of drug-likeness (QED) is 0.433. The summed E-state index contributed by atoms with van der Waals surface area (Å²) >= 11 is 5.55. The van der Waals surface area contributed by atoms with Crippen molar-refractivity contribution in [2.45, 2.75) is 19.8 Å². The standard InChI is InChI=1S/C15H18ClFO2/c1-2-18-10-5-11-19-15-8-7-14(17)12-13(15)6-3-4-9-16/h7-8,12H,2,4-5,9-11H2,1H3. The van der Waals surface area contributed by atoms with Gasteiger partial charge in [-0.3, -0.25) is 0 Å². The van der Waals surface area contributed by atoms with Crippen LogP contribution in [0.2, 0.25) is 0 Å². The Morgan fingerprint density at radius 2 is 2.16 bits per heavy atom. The van der Waals surface area contributed by atoms with E-state index in [-0.39, 0.29) is 5.82 Å². The van der Waals surface area contributed by atoms with E-state index in [1.54, 1.807) is 6.07 Å². The number of halogens is 2. The van der Waals surface area contributed by atoms with Crippen LogP contribution in [0.1, 0.15) is 25.3 Å². The van der Waals surface area contributed by atoms with E-state index in [4.69, 9.17) is 21.1 Å². The van der Waals surface area contributed by atoms with E-state index in [1.165, 1.54) is 12.1 Å². The Hall–Kier alpha value is -1.24. The first-order chi connectivity index (χ1) is 9.27. The van der Waals surface area contributed by atoms with Crippen LogP contribution in [0.15, 0.2) is 18.2 Å². The second-order valence-electron chi connectivity index (χ2n) is 3.78. The van der Waals surface area contributed by atoms with Gasteiger partial charge in [0.25, 0.3) is 0 Å². The van der Waals surface area contributed by atoms with Gasteiger partial charge in [-0.2, -0.15) is 0 Å². The lowest BCUT2D eigenvalue weighted by atomic mass is 10.2. The number of alkyl halides is 1. The first-order valence-corrected chi connectivity index (χ1v) is 6.86. The molecule has 0 aliphatic carbocycles. The van der Waals surface area contributed by atoms with E-state index in [2.05, 4.69) is 11.8 Å². The molecular formula is C15H18ClFO2. The Balaban J connectivity index is 2.59. The maximum atomic E-state index is 13.2. The Bertz CT molecular complexity index is 438. The van der Waals surface area contributed by atoms with Crippen LogP contribution < -0.4 is 4.74 Å². The van der Waals surface area contributed by atoms with Gasteiger partial charge >= 0.3 is 0 Å². The zero-order valence-corrected chi connectivity index (χ0v) is 11.8. The van der Waals surface area contributed by atoms with Crippen molar-refractivity contribution in [2.24, 2.45) is 0 Å². The monoisotopic (exact) mass is 284 g/mol. The summed E-state index contributed by atoms with van der Waals surface area (Å²) in [5.41, 5.74) is 0.557. The van der Waals surface area contributed by atoms with Crippen molar-refractivity contribution in [3.8, 4) is 17.6 Å². The van der Waals surface area contributed by atoms with Gasteiger partial charge in [-0.1, -0.05) is 11.8 Å². The third-order valence-corrected chi connectivity index (χ3v) is 2.47. The Morgan fingerprint density at radius 3 is 2.89 bits per heavy atom. The summed E-state index contributed by atoms with van der Waals surface area (Å²) < 4.78 is 24.0. The molecule has 0 atom stereocenters.